The smallest absolute Gasteiger partial charge is 0.320 e. The van der Waals surface area contributed by atoms with Crippen LogP contribution in [-0.4, -0.2) is 34.7 Å². The van der Waals surface area contributed by atoms with Gasteiger partial charge in [-0.05, 0) is 20.0 Å². The van der Waals surface area contributed by atoms with Gasteiger partial charge in [-0.3, -0.25) is 0 Å². The quantitative estimate of drug-likeness (QED) is 0.438. The van der Waals surface area contributed by atoms with Crippen LogP contribution in [0.15, 0.2) is 12.2 Å². The molecule has 13 heavy (non-hydrogen) atoms. The molecule has 0 rings (SSSR count). The summed E-state index contributed by atoms with van der Waals surface area (Å²) in [6.45, 7) is 9.15. The van der Waals surface area contributed by atoms with Gasteiger partial charge in [0.15, 0.2) is 9.84 Å². The third kappa shape index (κ3) is 5.93. The van der Waals surface area contributed by atoms with Crippen molar-refractivity contribution < 1.29 is 9.22 Å². The molecular weight excluding hydrogens is 216 g/mol. The number of hydrogen-bond acceptors (Lipinski definition) is 4. The SMILES string of the molecule is C=C(C)C(=O)O[Si](C)(C)N[SiH2]N[SiH3]. The molecule has 0 bridgehead atoms. The van der Waals surface area contributed by atoms with Gasteiger partial charge in [0.05, 0.1) is 10.4 Å². The Morgan fingerprint density at radius 2 is 2.15 bits per heavy atom. The van der Waals surface area contributed by atoms with Gasteiger partial charge in [-0.2, -0.15) is 0 Å². The zero-order valence-electron chi connectivity index (χ0n) is 8.73. The fraction of sp³-hybridized carbons (Fsp3) is 0.500. The van der Waals surface area contributed by atoms with E-state index in [1.54, 1.807) is 6.92 Å². The van der Waals surface area contributed by atoms with Crippen molar-refractivity contribution in [2.45, 2.75) is 20.0 Å². The summed E-state index contributed by atoms with van der Waals surface area (Å²) >= 11 is 0. The fourth-order valence-corrected chi connectivity index (χ4v) is 5.58. The Kier molecular flexibility index (Phi) is 5.41. The second-order valence-corrected chi connectivity index (χ2v) is 11.2. The molecule has 0 aromatic carbocycles. The van der Waals surface area contributed by atoms with E-state index in [4.69, 9.17) is 4.43 Å². The zero-order valence-corrected chi connectivity index (χ0v) is 13.1. The first-order valence-corrected chi connectivity index (χ1v) is 9.50. The van der Waals surface area contributed by atoms with Crippen molar-refractivity contribution in [3.63, 3.8) is 0 Å². The summed E-state index contributed by atoms with van der Waals surface area (Å²) in [5, 5.41) is 0. The van der Waals surface area contributed by atoms with Gasteiger partial charge < -0.3 is 13.7 Å². The maximum atomic E-state index is 11.2. The Hall–Kier alpha value is -0.219. The van der Waals surface area contributed by atoms with Crippen LogP contribution in [0.25, 0.3) is 0 Å². The first-order valence-electron chi connectivity index (χ1n) is 4.17. The highest BCUT2D eigenvalue weighted by atomic mass is 28.4. The van der Waals surface area contributed by atoms with Gasteiger partial charge in [-0.25, -0.2) is 4.79 Å². The van der Waals surface area contributed by atoms with E-state index in [0.717, 1.165) is 10.4 Å². The first kappa shape index (κ1) is 12.8. The largest absolute Gasteiger partial charge is 0.503 e. The minimum atomic E-state index is -1.99. The third-order valence-electron chi connectivity index (χ3n) is 1.39. The maximum absolute atomic E-state index is 11.2. The predicted molar refractivity (Wildman–Crippen MR) is 63.1 cm³/mol. The molecule has 2 N–H and O–H groups in total. The van der Waals surface area contributed by atoms with Gasteiger partial charge in [0.1, 0.15) is 0 Å². The molecule has 4 nitrogen and oxygen atoms in total. The Morgan fingerprint density at radius 1 is 1.62 bits per heavy atom. The molecular formula is C6H18N2O2Si3. The maximum Gasteiger partial charge on any atom is 0.320 e. The van der Waals surface area contributed by atoms with E-state index >= 15 is 0 Å². The number of hydrogen-bond donors (Lipinski definition) is 2. The van der Waals surface area contributed by atoms with Crippen LogP contribution < -0.4 is 9.30 Å². The van der Waals surface area contributed by atoms with E-state index < -0.39 is 18.3 Å². The lowest BCUT2D eigenvalue weighted by Crippen LogP contribution is -2.54. The third-order valence-corrected chi connectivity index (χ3v) is 7.61. The van der Waals surface area contributed by atoms with Crippen molar-refractivity contribution in [3.05, 3.63) is 12.2 Å². The Balaban J connectivity index is 4.00. The van der Waals surface area contributed by atoms with Crippen LogP contribution in [-0.2, 0) is 9.22 Å². The molecule has 7 heteroatoms. The lowest BCUT2D eigenvalue weighted by molar-refractivity contribution is -0.130. The average Bonchev–Trinajstić information content (AvgIpc) is 2.00. The summed E-state index contributed by atoms with van der Waals surface area (Å²) in [6.07, 6.45) is 0. The standard InChI is InChI=1S/C6H18N2O2Si3/c1-5(2)6(9)10-13(3,4)8-12-7-11/h7-8H,1,12H2,2-4,11H3. The second-order valence-electron chi connectivity index (χ2n) is 3.39. The Labute approximate surface area is 85.8 Å². The van der Waals surface area contributed by atoms with Gasteiger partial charge >= 0.3 is 14.4 Å². The predicted octanol–water partition coefficient (Wildman–Crippen LogP) is -1.73. The van der Waals surface area contributed by atoms with Crippen molar-refractivity contribution in [3.8, 4) is 0 Å². The molecule has 0 unspecified atom stereocenters. The van der Waals surface area contributed by atoms with Gasteiger partial charge in [-0.1, -0.05) is 6.58 Å². The van der Waals surface area contributed by atoms with E-state index in [-0.39, 0.29) is 5.97 Å². The molecule has 0 saturated carbocycles. The van der Waals surface area contributed by atoms with Crippen molar-refractivity contribution in [2.75, 3.05) is 0 Å². The van der Waals surface area contributed by atoms with Crippen LogP contribution in [0.3, 0.4) is 0 Å². The van der Waals surface area contributed by atoms with Crippen molar-refractivity contribution in [2.24, 2.45) is 0 Å². The second kappa shape index (κ2) is 5.50. The lowest BCUT2D eigenvalue weighted by atomic mass is 10.4. The number of carbonyl (C=O) groups is 1. The van der Waals surface area contributed by atoms with Gasteiger partial charge in [0.25, 0.3) is 0 Å². The molecule has 0 fully saturated rings. The molecule has 0 aromatic heterocycles. The van der Waals surface area contributed by atoms with Gasteiger partial charge in [-0.15, -0.1) is 0 Å². The summed E-state index contributed by atoms with van der Waals surface area (Å²) in [5.41, 5.74) is 0.461. The van der Waals surface area contributed by atoms with E-state index in [1.165, 1.54) is 0 Å². The molecule has 0 heterocycles. The molecule has 0 saturated heterocycles. The number of rotatable bonds is 5. The van der Waals surface area contributed by atoms with Crippen LogP contribution in [0, 0.1) is 0 Å². The Morgan fingerprint density at radius 3 is 2.54 bits per heavy atom. The molecule has 76 valence electrons. The van der Waals surface area contributed by atoms with Crippen molar-refractivity contribution in [1.82, 2.24) is 9.30 Å². The highest BCUT2D eigenvalue weighted by Crippen LogP contribution is 2.02. The molecule has 0 aliphatic rings. The summed E-state index contributed by atoms with van der Waals surface area (Å²) in [4.78, 5) is 11.2. The topological polar surface area (TPSA) is 50.4 Å². The Bertz CT molecular complexity index is 208. The van der Waals surface area contributed by atoms with E-state index in [0.29, 0.717) is 5.57 Å². The van der Waals surface area contributed by atoms with E-state index in [2.05, 4.69) is 15.9 Å². The molecule has 0 aromatic rings. The van der Waals surface area contributed by atoms with E-state index in [9.17, 15) is 4.79 Å². The van der Waals surface area contributed by atoms with Crippen LogP contribution >= 0.6 is 0 Å². The van der Waals surface area contributed by atoms with Crippen molar-refractivity contribution >= 4 is 34.7 Å². The van der Waals surface area contributed by atoms with Crippen LogP contribution in [0.4, 0.5) is 0 Å². The van der Waals surface area contributed by atoms with Gasteiger partial charge in [0.2, 0.25) is 0 Å². The fourth-order valence-electron chi connectivity index (χ4n) is 0.656. The summed E-state index contributed by atoms with van der Waals surface area (Å²) in [5.74, 6) is -0.286. The molecule has 0 aliphatic heterocycles. The van der Waals surface area contributed by atoms with Crippen LogP contribution in [0.1, 0.15) is 6.92 Å². The van der Waals surface area contributed by atoms with Crippen molar-refractivity contribution in [1.29, 1.82) is 0 Å². The lowest BCUT2D eigenvalue weighted by Gasteiger charge is -2.23. The highest BCUT2D eigenvalue weighted by Gasteiger charge is 2.26. The van der Waals surface area contributed by atoms with Crippen LogP contribution in [0.5, 0.6) is 0 Å². The highest BCUT2D eigenvalue weighted by molar-refractivity contribution is 6.76. The molecule has 0 amide bonds. The number of carbonyl (C=O) groups excluding carboxylic acids is 1. The van der Waals surface area contributed by atoms with E-state index in [1.807, 2.05) is 13.1 Å². The van der Waals surface area contributed by atoms with Crippen LogP contribution in [0.2, 0.25) is 13.1 Å². The summed E-state index contributed by atoms with van der Waals surface area (Å²) in [6, 6.07) is 0. The molecule has 0 spiro atoms. The molecule has 0 aliphatic carbocycles. The normalized spacial score (nSPS) is 12.2. The monoisotopic (exact) mass is 234 g/mol. The van der Waals surface area contributed by atoms with Gasteiger partial charge in [0, 0.05) is 5.57 Å². The minimum absolute atomic E-state index is 0.286. The molecule has 0 atom stereocenters. The summed E-state index contributed by atoms with van der Waals surface area (Å²) in [7, 11) is -1.43. The summed E-state index contributed by atoms with van der Waals surface area (Å²) < 4.78 is 11.8. The number of nitrogens with one attached hydrogen (secondary N) is 2. The zero-order chi connectivity index (χ0) is 10.5. The first-order chi connectivity index (χ1) is 5.89. The average molecular weight is 234 g/mol. The molecule has 0 radical (unpaired) electrons. The minimum Gasteiger partial charge on any atom is -0.503 e.